The molecule has 4 aromatic heterocycles. The van der Waals surface area contributed by atoms with Crippen molar-refractivity contribution < 1.29 is 4.79 Å². The molecule has 0 saturated heterocycles. The van der Waals surface area contributed by atoms with Crippen molar-refractivity contribution in [2.24, 2.45) is 12.8 Å². The number of H-pyrrole nitrogens is 1. The minimum absolute atomic E-state index is 0.0516. The first-order valence-corrected chi connectivity index (χ1v) is 7.76. The summed E-state index contributed by atoms with van der Waals surface area (Å²) >= 11 is 0. The molecule has 0 bridgehead atoms. The topological polar surface area (TPSA) is 128 Å². The Bertz CT molecular complexity index is 1070. The number of carbonyl (C=O) groups is 1. The van der Waals surface area contributed by atoms with Gasteiger partial charge in [-0.25, -0.2) is 4.98 Å². The highest BCUT2D eigenvalue weighted by atomic mass is 16.1. The molecule has 4 aromatic rings. The number of pyridine rings is 1. The van der Waals surface area contributed by atoms with Crippen LogP contribution in [0.25, 0.3) is 34.0 Å². The van der Waals surface area contributed by atoms with Gasteiger partial charge in [-0.05, 0) is 18.2 Å². The first-order chi connectivity index (χ1) is 12.6. The fourth-order valence-corrected chi connectivity index (χ4v) is 2.64. The van der Waals surface area contributed by atoms with Gasteiger partial charge in [0.1, 0.15) is 22.8 Å². The number of hydrogen-bond acceptors (Lipinski definition) is 6. The number of aromatic nitrogens is 7. The van der Waals surface area contributed by atoms with E-state index in [0.29, 0.717) is 34.0 Å². The summed E-state index contributed by atoms with van der Waals surface area (Å²) in [5.41, 5.74) is 8.87. The second-order valence-electron chi connectivity index (χ2n) is 5.56. The summed E-state index contributed by atoms with van der Waals surface area (Å²) < 4.78 is 1.63. The Morgan fingerprint density at radius 3 is 2.69 bits per heavy atom. The zero-order valence-corrected chi connectivity index (χ0v) is 13.8. The van der Waals surface area contributed by atoms with E-state index in [1.807, 2.05) is 18.2 Å². The summed E-state index contributed by atoms with van der Waals surface area (Å²) in [6.07, 6.45) is 6.64. The largest absolute Gasteiger partial charge is 0.364 e. The van der Waals surface area contributed by atoms with Crippen molar-refractivity contribution in [3.8, 4) is 34.0 Å². The minimum Gasteiger partial charge on any atom is -0.364 e. The molecule has 0 radical (unpaired) electrons. The molecule has 1 amide bonds. The van der Waals surface area contributed by atoms with Crippen LogP contribution in [0.4, 0.5) is 0 Å². The van der Waals surface area contributed by atoms with E-state index in [0.717, 1.165) is 0 Å². The van der Waals surface area contributed by atoms with Crippen LogP contribution < -0.4 is 5.73 Å². The zero-order valence-electron chi connectivity index (χ0n) is 13.8. The van der Waals surface area contributed by atoms with Gasteiger partial charge in [-0.1, -0.05) is 6.07 Å². The average molecular weight is 346 g/mol. The molecule has 0 fully saturated rings. The van der Waals surface area contributed by atoms with Crippen molar-refractivity contribution >= 4 is 5.91 Å². The number of rotatable bonds is 4. The van der Waals surface area contributed by atoms with Gasteiger partial charge in [-0.3, -0.25) is 24.5 Å². The van der Waals surface area contributed by atoms with Gasteiger partial charge in [-0.2, -0.15) is 10.2 Å². The monoisotopic (exact) mass is 346 g/mol. The average Bonchev–Trinajstić information content (AvgIpc) is 3.31. The maximum Gasteiger partial charge on any atom is 0.269 e. The smallest absolute Gasteiger partial charge is 0.269 e. The number of nitrogens with zero attached hydrogens (tertiary/aromatic N) is 6. The van der Waals surface area contributed by atoms with Gasteiger partial charge in [-0.15, -0.1) is 0 Å². The fraction of sp³-hybridized carbons (Fsp3) is 0.0588. The lowest BCUT2D eigenvalue weighted by molar-refractivity contribution is 0.0996. The molecule has 0 atom stereocenters. The number of amides is 1. The molecule has 3 N–H and O–H groups in total. The Balaban J connectivity index is 1.90. The van der Waals surface area contributed by atoms with E-state index < -0.39 is 5.91 Å². The number of primary amides is 1. The third-order valence-corrected chi connectivity index (χ3v) is 3.76. The van der Waals surface area contributed by atoms with Gasteiger partial charge in [0.05, 0.1) is 17.5 Å². The SMILES string of the molecule is Cn1cc(-c2ncc(-c3cc[nH]n3)nc2C(N)=O)c(-c2ccccn2)n1. The Labute approximate surface area is 147 Å². The summed E-state index contributed by atoms with van der Waals surface area (Å²) in [5.74, 6) is -0.680. The summed E-state index contributed by atoms with van der Waals surface area (Å²) in [4.78, 5) is 25.1. The van der Waals surface area contributed by atoms with Gasteiger partial charge in [0.15, 0.2) is 5.69 Å². The molecule has 4 rings (SSSR count). The predicted molar refractivity (Wildman–Crippen MR) is 93.6 cm³/mol. The minimum atomic E-state index is -0.680. The Kier molecular flexibility index (Phi) is 3.73. The van der Waals surface area contributed by atoms with Gasteiger partial charge in [0.25, 0.3) is 5.91 Å². The standard InChI is InChI=1S/C17H14N8O/c1-25-9-10(14(24-25)12-4-2-3-6-19-12)15-16(17(18)26)22-13(8-20-15)11-5-7-21-23-11/h2-9H,1H3,(H2,18,26)(H,21,23). The van der Waals surface area contributed by atoms with Crippen LogP contribution in [0.3, 0.4) is 0 Å². The van der Waals surface area contributed by atoms with E-state index in [9.17, 15) is 4.79 Å². The number of hydrogen-bond donors (Lipinski definition) is 2. The number of aromatic amines is 1. The first kappa shape index (κ1) is 15.6. The Hall–Kier alpha value is -3.88. The van der Waals surface area contributed by atoms with Crippen molar-refractivity contribution in [3.05, 3.63) is 54.7 Å². The molecule has 26 heavy (non-hydrogen) atoms. The van der Waals surface area contributed by atoms with Gasteiger partial charge < -0.3 is 5.73 Å². The first-order valence-electron chi connectivity index (χ1n) is 7.76. The van der Waals surface area contributed by atoms with E-state index in [1.54, 1.807) is 42.6 Å². The second kappa shape index (κ2) is 6.20. The van der Waals surface area contributed by atoms with Crippen molar-refractivity contribution in [2.45, 2.75) is 0 Å². The summed E-state index contributed by atoms with van der Waals surface area (Å²) in [5, 5.41) is 11.2. The maximum atomic E-state index is 12.0. The molecule has 0 aliphatic heterocycles. The third kappa shape index (κ3) is 2.71. The van der Waals surface area contributed by atoms with Crippen LogP contribution in [0.5, 0.6) is 0 Å². The van der Waals surface area contributed by atoms with Crippen LogP contribution in [-0.2, 0) is 7.05 Å². The molecule has 4 heterocycles. The van der Waals surface area contributed by atoms with Crippen molar-refractivity contribution in [1.82, 2.24) is 34.9 Å². The predicted octanol–water partition coefficient (Wildman–Crippen LogP) is 1.43. The van der Waals surface area contributed by atoms with Crippen molar-refractivity contribution in [3.63, 3.8) is 0 Å². The fourth-order valence-electron chi connectivity index (χ4n) is 2.64. The quantitative estimate of drug-likeness (QED) is 0.575. The molecule has 0 saturated carbocycles. The van der Waals surface area contributed by atoms with E-state index in [2.05, 4.69) is 30.2 Å². The van der Waals surface area contributed by atoms with Gasteiger partial charge >= 0.3 is 0 Å². The highest BCUT2D eigenvalue weighted by molar-refractivity contribution is 5.98. The molecule has 9 heteroatoms. The van der Waals surface area contributed by atoms with E-state index in [4.69, 9.17) is 5.73 Å². The zero-order chi connectivity index (χ0) is 18.1. The van der Waals surface area contributed by atoms with Crippen LogP contribution in [0, 0.1) is 0 Å². The summed E-state index contributed by atoms with van der Waals surface area (Å²) in [6, 6.07) is 7.25. The lowest BCUT2D eigenvalue weighted by atomic mass is 10.1. The van der Waals surface area contributed by atoms with Gasteiger partial charge in [0.2, 0.25) is 0 Å². The van der Waals surface area contributed by atoms with Crippen LogP contribution in [0.1, 0.15) is 10.5 Å². The number of nitrogens with two attached hydrogens (primary N) is 1. The van der Waals surface area contributed by atoms with Gasteiger partial charge in [0, 0.05) is 25.6 Å². The molecule has 0 spiro atoms. The molecule has 0 aromatic carbocycles. The van der Waals surface area contributed by atoms with Crippen LogP contribution in [0.15, 0.2) is 49.1 Å². The third-order valence-electron chi connectivity index (χ3n) is 3.76. The van der Waals surface area contributed by atoms with Crippen molar-refractivity contribution in [2.75, 3.05) is 0 Å². The highest BCUT2D eigenvalue weighted by Crippen LogP contribution is 2.30. The summed E-state index contributed by atoms with van der Waals surface area (Å²) in [7, 11) is 1.78. The molecular weight excluding hydrogens is 332 g/mol. The molecular formula is C17H14N8O. The normalized spacial score (nSPS) is 10.8. The number of carbonyl (C=O) groups excluding carboxylic acids is 1. The van der Waals surface area contributed by atoms with E-state index in [-0.39, 0.29) is 5.69 Å². The van der Waals surface area contributed by atoms with E-state index in [1.165, 1.54) is 0 Å². The molecule has 128 valence electrons. The maximum absolute atomic E-state index is 12.0. The summed E-state index contributed by atoms with van der Waals surface area (Å²) in [6.45, 7) is 0. The number of nitrogens with one attached hydrogen (secondary N) is 1. The Morgan fingerprint density at radius 1 is 1.12 bits per heavy atom. The van der Waals surface area contributed by atoms with Crippen molar-refractivity contribution in [1.29, 1.82) is 0 Å². The highest BCUT2D eigenvalue weighted by Gasteiger charge is 2.22. The number of aryl methyl sites for hydroxylation is 1. The van der Waals surface area contributed by atoms with Crippen LogP contribution in [-0.4, -0.2) is 40.8 Å². The molecule has 0 aliphatic rings. The lowest BCUT2D eigenvalue weighted by Gasteiger charge is -2.07. The lowest BCUT2D eigenvalue weighted by Crippen LogP contribution is -2.16. The van der Waals surface area contributed by atoms with Crippen LogP contribution in [0.2, 0.25) is 0 Å². The van der Waals surface area contributed by atoms with E-state index >= 15 is 0 Å². The Morgan fingerprint density at radius 2 is 2.00 bits per heavy atom. The molecule has 0 aliphatic carbocycles. The van der Waals surface area contributed by atoms with Crippen LogP contribution >= 0.6 is 0 Å². The second-order valence-corrected chi connectivity index (χ2v) is 5.56. The molecule has 9 nitrogen and oxygen atoms in total. The molecule has 0 unspecified atom stereocenters.